The Kier molecular flexibility index (Phi) is 6.02. The number of carbonyl (C=O) groups excluding carboxylic acids is 2. The van der Waals surface area contributed by atoms with Crippen LogP contribution in [-0.4, -0.2) is 51.0 Å². The van der Waals surface area contributed by atoms with Crippen molar-refractivity contribution < 1.29 is 19.1 Å². The fourth-order valence-corrected chi connectivity index (χ4v) is 1.67. The van der Waals surface area contributed by atoms with E-state index in [-0.39, 0.29) is 18.3 Å². The van der Waals surface area contributed by atoms with E-state index >= 15 is 0 Å². The van der Waals surface area contributed by atoms with E-state index < -0.39 is 0 Å². The molecule has 19 heavy (non-hydrogen) atoms. The summed E-state index contributed by atoms with van der Waals surface area (Å²) in [5, 5.41) is 0. The molecule has 0 unspecified atom stereocenters. The third-order valence-electron chi connectivity index (χ3n) is 2.75. The number of benzene rings is 1. The smallest absolute Gasteiger partial charge is 0.319 e. The number of hydrogen-bond acceptors (Lipinski definition) is 5. The van der Waals surface area contributed by atoms with Gasteiger partial charge in [-0.05, 0) is 19.2 Å². The molecule has 1 aromatic rings. The molecule has 0 aliphatic rings. The van der Waals surface area contributed by atoms with E-state index in [4.69, 9.17) is 4.74 Å². The minimum atomic E-state index is -0.313. The van der Waals surface area contributed by atoms with E-state index in [2.05, 4.69) is 4.74 Å². The second-order valence-corrected chi connectivity index (χ2v) is 4.19. The van der Waals surface area contributed by atoms with E-state index in [0.717, 1.165) is 0 Å². The van der Waals surface area contributed by atoms with Crippen LogP contribution < -0.4 is 4.74 Å². The molecule has 5 heteroatoms. The molecule has 0 heterocycles. The minimum absolute atomic E-state index is 0.00540. The van der Waals surface area contributed by atoms with Crippen LogP contribution in [0.1, 0.15) is 16.8 Å². The molecule has 0 fully saturated rings. The van der Waals surface area contributed by atoms with Gasteiger partial charge in [0.05, 0.1) is 26.3 Å². The number of likely N-dealkylation sites (N-methyl/N-ethyl adjacent to an activating group) is 1. The standard InChI is InChI=1S/C14H19NO4/c1-15(10-14(17)19-3)9-8-12(16)11-6-4-5-7-13(11)18-2/h4-7H,8-10H2,1-3H3. The van der Waals surface area contributed by atoms with E-state index in [9.17, 15) is 9.59 Å². The Bertz CT molecular complexity index is 445. The van der Waals surface area contributed by atoms with Crippen LogP contribution in [0.3, 0.4) is 0 Å². The van der Waals surface area contributed by atoms with Gasteiger partial charge in [-0.2, -0.15) is 0 Å². The van der Waals surface area contributed by atoms with Crippen LogP contribution in [0.25, 0.3) is 0 Å². The number of para-hydroxylation sites is 1. The Morgan fingerprint density at radius 1 is 1.21 bits per heavy atom. The van der Waals surface area contributed by atoms with E-state index in [1.165, 1.54) is 14.2 Å². The number of carbonyl (C=O) groups is 2. The molecule has 0 spiro atoms. The number of methoxy groups -OCH3 is 2. The van der Waals surface area contributed by atoms with E-state index in [1.54, 1.807) is 30.1 Å². The quantitative estimate of drug-likeness (QED) is 0.550. The summed E-state index contributed by atoms with van der Waals surface area (Å²) in [5.41, 5.74) is 0.566. The first-order valence-corrected chi connectivity index (χ1v) is 6.00. The third-order valence-corrected chi connectivity index (χ3v) is 2.75. The number of nitrogens with zero attached hydrogens (tertiary/aromatic N) is 1. The van der Waals surface area contributed by atoms with Gasteiger partial charge in [-0.15, -0.1) is 0 Å². The predicted molar refractivity (Wildman–Crippen MR) is 71.5 cm³/mol. The van der Waals surface area contributed by atoms with Gasteiger partial charge in [-0.25, -0.2) is 0 Å². The fourth-order valence-electron chi connectivity index (χ4n) is 1.67. The third kappa shape index (κ3) is 4.71. The summed E-state index contributed by atoms with van der Waals surface area (Å²) >= 11 is 0. The highest BCUT2D eigenvalue weighted by atomic mass is 16.5. The second-order valence-electron chi connectivity index (χ2n) is 4.19. The number of hydrogen-bond donors (Lipinski definition) is 0. The van der Waals surface area contributed by atoms with Crippen molar-refractivity contribution >= 4 is 11.8 Å². The van der Waals surface area contributed by atoms with Crippen LogP contribution in [0.15, 0.2) is 24.3 Å². The zero-order valence-electron chi connectivity index (χ0n) is 11.5. The molecule has 5 nitrogen and oxygen atoms in total. The topological polar surface area (TPSA) is 55.8 Å². The molecular weight excluding hydrogens is 246 g/mol. The van der Waals surface area contributed by atoms with Gasteiger partial charge in [0.25, 0.3) is 0 Å². The Morgan fingerprint density at radius 2 is 1.89 bits per heavy atom. The van der Waals surface area contributed by atoms with Crippen LogP contribution in [-0.2, 0) is 9.53 Å². The SMILES string of the molecule is COC(=O)CN(C)CCC(=O)c1ccccc1OC. The average molecular weight is 265 g/mol. The number of ketones is 1. The first-order chi connectivity index (χ1) is 9.08. The highest BCUT2D eigenvalue weighted by molar-refractivity contribution is 5.98. The molecule has 0 aliphatic carbocycles. The summed E-state index contributed by atoms with van der Waals surface area (Å²) in [6.07, 6.45) is 0.327. The van der Waals surface area contributed by atoms with Crippen molar-refractivity contribution in [3.8, 4) is 5.75 Å². The maximum absolute atomic E-state index is 12.1. The van der Waals surface area contributed by atoms with Gasteiger partial charge in [-0.3, -0.25) is 14.5 Å². The molecule has 0 atom stereocenters. The van der Waals surface area contributed by atoms with Crippen molar-refractivity contribution in [1.29, 1.82) is 0 Å². The van der Waals surface area contributed by atoms with E-state index in [0.29, 0.717) is 24.3 Å². The number of Topliss-reactive ketones (excluding diaryl/α,β-unsaturated/α-hetero) is 1. The normalized spacial score (nSPS) is 10.3. The maximum Gasteiger partial charge on any atom is 0.319 e. The predicted octanol–water partition coefficient (Wildman–Crippen LogP) is 1.37. The summed E-state index contributed by atoms with van der Waals surface area (Å²) in [6, 6.07) is 7.11. The molecule has 0 N–H and O–H groups in total. The van der Waals surface area contributed by atoms with Crippen molar-refractivity contribution in [3.05, 3.63) is 29.8 Å². The average Bonchev–Trinajstić information content (AvgIpc) is 2.44. The zero-order chi connectivity index (χ0) is 14.3. The van der Waals surface area contributed by atoms with Crippen LogP contribution >= 0.6 is 0 Å². The van der Waals surface area contributed by atoms with Crippen molar-refractivity contribution in [2.24, 2.45) is 0 Å². The molecular formula is C14H19NO4. The largest absolute Gasteiger partial charge is 0.496 e. The first-order valence-electron chi connectivity index (χ1n) is 6.00. The lowest BCUT2D eigenvalue weighted by atomic mass is 10.1. The Morgan fingerprint density at radius 3 is 2.53 bits per heavy atom. The van der Waals surface area contributed by atoms with Crippen molar-refractivity contribution in [3.63, 3.8) is 0 Å². The highest BCUT2D eigenvalue weighted by Gasteiger charge is 2.13. The van der Waals surface area contributed by atoms with Gasteiger partial charge in [0.2, 0.25) is 0 Å². The molecule has 0 aromatic heterocycles. The Balaban J connectivity index is 2.53. The van der Waals surface area contributed by atoms with Gasteiger partial charge in [0.15, 0.2) is 5.78 Å². The second kappa shape index (κ2) is 7.53. The maximum atomic E-state index is 12.1. The molecule has 0 saturated heterocycles. The van der Waals surface area contributed by atoms with Crippen LogP contribution in [0.4, 0.5) is 0 Å². The number of rotatable bonds is 7. The lowest BCUT2D eigenvalue weighted by Gasteiger charge is -2.14. The molecule has 104 valence electrons. The minimum Gasteiger partial charge on any atom is -0.496 e. The van der Waals surface area contributed by atoms with Gasteiger partial charge in [-0.1, -0.05) is 12.1 Å². The number of esters is 1. The molecule has 1 rings (SSSR count). The highest BCUT2D eigenvalue weighted by Crippen LogP contribution is 2.18. The van der Waals surface area contributed by atoms with Crippen LogP contribution in [0, 0.1) is 0 Å². The van der Waals surface area contributed by atoms with Crippen LogP contribution in [0.2, 0.25) is 0 Å². The van der Waals surface area contributed by atoms with E-state index in [1.807, 2.05) is 6.07 Å². The van der Waals surface area contributed by atoms with Gasteiger partial charge < -0.3 is 9.47 Å². The van der Waals surface area contributed by atoms with Gasteiger partial charge in [0, 0.05) is 13.0 Å². The Hall–Kier alpha value is -1.88. The molecule has 0 amide bonds. The van der Waals surface area contributed by atoms with Gasteiger partial charge in [0.1, 0.15) is 5.75 Å². The first kappa shape index (κ1) is 15.2. The zero-order valence-corrected chi connectivity index (χ0v) is 11.5. The van der Waals surface area contributed by atoms with Crippen LogP contribution in [0.5, 0.6) is 5.75 Å². The van der Waals surface area contributed by atoms with Crippen molar-refractivity contribution in [1.82, 2.24) is 4.90 Å². The van der Waals surface area contributed by atoms with Crippen molar-refractivity contribution in [2.75, 3.05) is 34.4 Å². The lowest BCUT2D eigenvalue weighted by molar-refractivity contribution is -0.141. The summed E-state index contributed by atoms with van der Waals surface area (Å²) in [6.45, 7) is 0.668. The fraction of sp³-hybridized carbons (Fsp3) is 0.429. The monoisotopic (exact) mass is 265 g/mol. The molecule has 0 saturated carbocycles. The van der Waals surface area contributed by atoms with Gasteiger partial charge >= 0.3 is 5.97 Å². The van der Waals surface area contributed by atoms with Crippen molar-refractivity contribution in [2.45, 2.75) is 6.42 Å². The molecule has 0 bridgehead atoms. The number of ether oxygens (including phenoxy) is 2. The molecule has 1 aromatic carbocycles. The summed E-state index contributed by atoms with van der Waals surface area (Å²) in [4.78, 5) is 24.9. The lowest BCUT2D eigenvalue weighted by Crippen LogP contribution is -2.28. The summed E-state index contributed by atoms with van der Waals surface area (Å²) < 4.78 is 9.71. The molecule has 0 aliphatic heterocycles. The molecule has 0 radical (unpaired) electrons. The Labute approximate surface area is 113 Å². The summed E-state index contributed by atoms with van der Waals surface area (Å²) in [7, 11) is 4.65. The summed E-state index contributed by atoms with van der Waals surface area (Å²) in [5.74, 6) is 0.254.